The number of carbonyl (C=O) groups is 2. The van der Waals surface area contributed by atoms with Gasteiger partial charge in [0, 0.05) is 0 Å². The zero-order valence-corrected chi connectivity index (χ0v) is 10.9. The number of hydrogen-bond donors (Lipinski definition) is 3. The van der Waals surface area contributed by atoms with Crippen LogP contribution in [0.2, 0.25) is 0 Å². The largest absolute Gasteiger partial charge is 0.508 e. The fourth-order valence-electron chi connectivity index (χ4n) is 1.33. The number of phenolic OH excluding ortho intramolecular Hbond substituents is 1. The number of aromatic hydroxyl groups is 1. The lowest BCUT2D eigenvalue weighted by Gasteiger charge is -2.04. The number of phenols is 1. The molecule has 0 spiro atoms. The number of nitrogens with zero attached hydrogens (tertiary/aromatic N) is 4. The molecule has 2 aromatic rings. The van der Waals surface area contributed by atoms with Gasteiger partial charge in [0.1, 0.15) is 5.75 Å². The fourth-order valence-corrected chi connectivity index (χ4v) is 2.02. The topological polar surface area (TPSA) is 136 Å². The molecule has 9 nitrogen and oxygen atoms in total. The van der Waals surface area contributed by atoms with Crippen LogP contribution in [0.1, 0.15) is 0 Å². The summed E-state index contributed by atoms with van der Waals surface area (Å²) in [5, 5.41) is 22.6. The molecule has 0 saturated carbocycles. The van der Waals surface area contributed by atoms with Crippen molar-refractivity contribution in [1.82, 2.24) is 25.5 Å². The maximum atomic E-state index is 11.3. The molecule has 0 aliphatic carbocycles. The lowest BCUT2D eigenvalue weighted by molar-refractivity contribution is -0.117. The molecule has 0 fully saturated rings. The second kappa shape index (κ2) is 6.02. The molecule has 0 unspecified atom stereocenters. The number of primary amides is 1. The highest BCUT2D eigenvalue weighted by atomic mass is 32.2. The summed E-state index contributed by atoms with van der Waals surface area (Å²) in [6.45, 7) is 0. The molecular formula is C10H10N6O3S. The SMILES string of the molecule is NC(=O)NC(=O)CSc1nnnn1-c1ccc(O)cc1. The quantitative estimate of drug-likeness (QED) is 0.656. The first-order valence-corrected chi connectivity index (χ1v) is 6.34. The van der Waals surface area contributed by atoms with E-state index in [2.05, 4.69) is 15.5 Å². The Morgan fingerprint density at radius 2 is 2.05 bits per heavy atom. The average molecular weight is 294 g/mol. The highest BCUT2D eigenvalue weighted by Gasteiger charge is 2.12. The Kier molecular flexibility index (Phi) is 4.15. The third-order valence-corrected chi connectivity index (χ3v) is 3.05. The van der Waals surface area contributed by atoms with Gasteiger partial charge >= 0.3 is 6.03 Å². The monoisotopic (exact) mass is 294 g/mol. The minimum atomic E-state index is -0.909. The lowest BCUT2D eigenvalue weighted by atomic mass is 10.3. The molecule has 1 heterocycles. The van der Waals surface area contributed by atoms with Crippen molar-refractivity contribution >= 4 is 23.7 Å². The molecule has 20 heavy (non-hydrogen) atoms. The summed E-state index contributed by atoms with van der Waals surface area (Å²) < 4.78 is 1.40. The van der Waals surface area contributed by atoms with Crippen LogP contribution in [0, 0.1) is 0 Å². The number of hydrogen-bond acceptors (Lipinski definition) is 7. The number of urea groups is 1. The molecule has 0 saturated heterocycles. The second-order valence-electron chi connectivity index (χ2n) is 3.59. The third-order valence-electron chi connectivity index (χ3n) is 2.13. The minimum Gasteiger partial charge on any atom is -0.508 e. The number of thioether (sulfide) groups is 1. The molecule has 0 atom stereocenters. The Morgan fingerprint density at radius 3 is 2.70 bits per heavy atom. The number of benzene rings is 1. The number of rotatable bonds is 4. The summed E-state index contributed by atoms with van der Waals surface area (Å²) in [4.78, 5) is 21.8. The molecule has 1 aromatic heterocycles. The zero-order chi connectivity index (χ0) is 14.5. The number of tetrazole rings is 1. The van der Waals surface area contributed by atoms with E-state index in [1.807, 2.05) is 5.32 Å². The third kappa shape index (κ3) is 3.45. The van der Waals surface area contributed by atoms with Crippen LogP contribution in [0.15, 0.2) is 29.4 Å². The minimum absolute atomic E-state index is 0.0542. The van der Waals surface area contributed by atoms with Crippen molar-refractivity contribution in [1.29, 1.82) is 0 Å². The maximum absolute atomic E-state index is 11.3. The Balaban J connectivity index is 2.07. The van der Waals surface area contributed by atoms with Crippen LogP contribution in [0.4, 0.5) is 4.79 Å². The normalized spacial score (nSPS) is 10.2. The Bertz CT molecular complexity index is 626. The molecule has 0 aliphatic heterocycles. The number of aromatic nitrogens is 4. The van der Waals surface area contributed by atoms with Crippen molar-refractivity contribution in [2.45, 2.75) is 5.16 Å². The Morgan fingerprint density at radius 1 is 1.35 bits per heavy atom. The summed E-state index contributed by atoms with van der Waals surface area (Å²) >= 11 is 1.05. The number of imide groups is 1. The summed E-state index contributed by atoms with van der Waals surface area (Å²) in [6.07, 6.45) is 0. The van der Waals surface area contributed by atoms with E-state index in [1.165, 1.54) is 16.8 Å². The van der Waals surface area contributed by atoms with Crippen molar-refractivity contribution in [3.05, 3.63) is 24.3 Å². The molecule has 4 N–H and O–H groups in total. The van der Waals surface area contributed by atoms with Crippen molar-refractivity contribution in [2.24, 2.45) is 5.73 Å². The van der Waals surface area contributed by atoms with Gasteiger partial charge in [-0.25, -0.2) is 4.79 Å². The highest BCUT2D eigenvalue weighted by molar-refractivity contribution is 7.99. The van der Waals surface area contributed by atoms with Gasteiger partial charge in [-0.1, -0.05) is 11.8 Å². The summed E-state index contributed by atoms with van der Waals surface area (Å²) in [5.74, 6) is -0.471. The van der Waals surface area contributed by atoms with Gasteiger partial charge < -0.3 is 10.8 Å². The molecule has 104 valence electrons. The van der Waals surface area contributed by atoms with E-state index in [-0.39, 0.29) is 11.5 Å². The van der Waals surface area contributed by atoms with Gasteiger partial charge in [-0.3, -0.25) is 10.1 Å². The first kappa shape index (κ1) is 13.8. The highest BCUT2D eigenvalue weighted by Crippen LogP contribution is 2.19. The van der Waals surface area contributed by atoms with E-state index < -0.39 is 11.9 Å². The van der Waals surface area contributed by atoms with Gasteiger partial charge in [0.25, 0.3) is 0 Å². The first-order chi connectivity index (χ1) is 9.56. The van der Waals surface area contributed by atoms with Crippen LogP contribution in [-0.4, -0.2) is 43.0 Å². The van der Waals surface area contributed by atoms with Crippen molar-refractivity contribution in [3.8, 4) is 11.4 Å². The summed E-state index contributed by atoms with van der Waals surface area (Å²) in [7, 11) is 0. The fraction of sp³-hybridized carbons (Fsp3) is 0.100. The van der Waals surface area contributed by atoms with Gasteiger partial charge in [0.05, 0.1) is 11.4 Å². The van der Waals surface area contributed by atoms with Crippen LogP contribution >= 0.6 is 11.8 Å². The maximum Gasteiger partial charge on any atom is 0.318 e. The van der Waals surface area contributed by atoms with E-state index in [0.717, 1.165) is 11.8 Å². The van der Waals surface area contributed by atoms with Crippen molar-refractivity contribution in [3.63, 3.8) is 0 Å². The average Bonchev–Trinajstić information content (AvgIpc) is 2.85. The standard InChI is InChI=1S/C10H10N6O3S/c11-9(19)12-8(18)5-20-10-13-14-15-16(10)6-1-3-7(17)4-2-6/h1-4,17H,5H2,(H3,11,12,18,19). The van der Waals surface area contributed by atoms with Crippen LogP contribution in [0.25, 0.3) is 5.69 Å². The predicted octanol–water partition coefficient (Wildman–Crippen LogP) is -0.345. The van der Waals surface area contributed by atoms with Crippen LogP contribution in [0.3, 0.4) is 0 Å². The van der Waals surface area contributed by atoms with E-state index in [0.29, 0.717) is 10.8 Å². The van der Waals surface area contributed by atoms with E-state index in [9.17, 15) is 14.7 Å². The van der Waals surface area contributed by atoms with Gasteiger partial charge in [-0.05, 0) is 34.7 Å². The summed E-state index contributed by atoms with van der Waals surface area (Å²) in [5.41, 5.74) is 5.46. The van der Waals surface area contributed by atoms with E-state index >= 15 is 0 Å². The molecule has 3 amide bonds. The van der Waals surface area contributed by atoms with Crippen LogP contribution in [0.5, 0.6) is 5.75 Å². The van der Waals surface area contributed by atoms with Crippen LogP contribution < -0.4 is 11.1 Å². The molecule has 0 aliphatic rings. The Hall–Kier alpha value is -2.62. The zero-order valence-electron chi connectivity index (χ0n) is 10.1. The van der Waals surface area contributed by atoms with Crippen LogP contribution in [-0.2, 0) is 4.79 Å². The van der Waals surface area contributed by atoms with E-state index in [4.69, 9.17) is 5.73 Å². The molecule has 0 bridgehead atoms. The first-order valence-electron chi connectivity index (χ1n) is 5.36. The number of nitrogens with one attached hydrogen (secondary N) is 1. The lowest BCUT2D eigenvalue weighted by Crippen LogP contribution is -2.36. The molecule has 1 aromatic carbocycles. The van der Waals surface area contributed by atoms with Crippen molar-refractivity contribution in [2.75, 3.05) is 5.75 Å². The molecule has 2 rings (SSSR count). The molecule has 0 radical (unpaired) electrons. The van der Waals surface area contributed by atoms with Gasteiger partial charge in [-0.2, -0.15) is 4.68 Å². The molecule has 10 heteroatoms. The summed E-state index contributed by atoms with van der Waals surface area (Å²) in [6, 6.07) is 5.32. The Labute approximate surface area is 117 Å². The number of carbonyl (C=O) groups excluding carboxylic acids is 2. The number of nitrogens with two attached hydrogens (primary N) is 1. The predicted molar refractivity (Wildman–Crippen MR) is 69.3 cm³/mol. The second-order valence-corrected chi connectivity index (χ2v) is 4.53. The van der Waals surface area contributed by atoms with E-state index in [1.54, 1.807) is 12.1 Å². The van der Waals surface area contributed by atoms with Crippen molar-refractivity contribution < 1.29 is 14.7 Å². The smallest absolute Gasteiger partial charge is 0.318 e. The molecular weight excluding hydrogens is 284 g/mol. The van der Waals surface area contributed by atoms with Gasteiger partial charge in [-0.15, -0.1) is 5.10 Å². The van der Waals surface area contributed by atoms with Gasteiger partial charge in [0.2, 0.25) is 11.1 Å². The van der Waals surface area contributed by atoms with Gasteiger partial charge in [0.15, 0.2) is 0 Å². The number of amides is 3.